The van der Waals surface area contributed by atoms with Crippen molar-refractivity contribution in [1.82, 2.24) is 10.2 Å². The van der Waals surface area contributed by atoms with Crippen LogP contribution >= 0.6 is 11.6 Å². The first-order valence-electron chi connectivity index (χ1n) is 8.17. The molecule has 0 bridgehead atoms. The van der Waals surface area contributed by atoms with Gasteiger partial charge in [0, 0.05) is 57.5 Å². The molecule has 1 aromatic rings. The lowest BCUT2D eigenvalue weighted by molar-refractivity contribution is 0.183. The molecule has 6 nitrogen and oxygen atoms in total. The number of aryl methyl sites for hydroxylation is 1. The van der Waals surface area contributed by atoms with Crippen LogP contribution in [0, 0.1) is 6.92 Å². The van der Waals surface area contributed by atoms with Crippen LogP contribution in [-0.2, 0) is 4.74 Å². The lowest BCUT2D eigenvalue weighted by Crippen LogP contribution is -2.52. The predicted molar refractivity (Wildman–Crippen MR) is 96.4 cm³/mol. The lowest BCUT2D eigenvalue weighted by atomic mass is 10.1. The number of carbonyl (C=O) groups is 1. The molecule has 0 saturated carbocycles. The van der Waals surface area contributed by atoms with E-state index < -0.39 is 0 Å². The Morgan fingerprint density at radius 2 is 1.96 bits per heavy atom. The molecular formula is C17H26ClN3O3. The standard InChI is InChI=1S/C17H26ClN3O3/c1-13-11-15(16(24-3)12-14(13)18)20-6-8-21(9-7-20)17(22)19-5-4-10-23-2/h11-12H,4-10H2,1-3H3,(H,19,22). The molecule has 2 amide bonds. The number of piperazine rings is 1. The van der Waals surface area contributed by atoms with Crippen LogP contribution in [0.1, 0.15) is 12.0 Å². The van der Waals surface area contributed by atoms with Gasteiger partial charge in [-0.05, 0) is 25.0 Å². The fourth-order valence-corrected chi connectivity index (χ4v) is 2.89. The molecule has 0 spiro atoms. The van der Waals surface area contributed by atoms with E-state index in [2.05, 4.69) is 10.2 Å². The van der Waals surface area contributed by atoms with Crippen molar-refractivity contribution < 1.29 is 14.3 Å². The maximum absolute atomic E-state index is 12.1. The van der Waals surface area contributed by atoms with E-state index in [0.717, 1.165) is 36.5 Å². The number of hydrogen-bond donors (Lipinski definition) is 1. The lowest BCUT2D eigenvalue weighted by Gasteiger charge is -2.36. The van der Waals surface area contributed by atoms with Gasteiger partial charge in [0.05, 0.1) is 12.8 Å². The van der Waals surface area contributed by atoms with Crippen molar-refractivity contribution in [1.29, 1.82) is 0 Å². The topological polar surface area (TPSA) is 54.0 Å². The average molecular weight is 356 g/mol. The molecule has 24 heavy (non-hydrogen) atoms. The first-order valence-corrected chi connectivity index (χ1v) is 8.55. The quantitative estimate of drug-likeness (QED) is 0.797. The van der Waals surface area contributed by atoms with Crippen LogP contribution in [0.4, 0.5) is 10.5 Å². The highest BCUT2D eigenvalue weighted by molar-refractivity contribution is 6.31. The minimum absolute atomic E-state index is 0.00925. The van der Waals surface area contributed by atoms with Crippen molar-refractivity contribution in [3.8, 4) is 5.75 Å². The number of methoxy groups -OCH3 is 2. The van der Waals surface area contributed by atoms with Gasteiger partial charge in [-0.2, -0.15) is 0 Å². The maximum Gasteiger partial charge on any atom is 0.317 e. The number of nitrogens with zero attached hydrogens (tertiary/aromatic N) is 2. The van der Waals surface area contributed by atoms with Crippen molar-refractivity contribution in [2.75, 3.05) is 58.5 Å². The summed E-state index contributed by atoms with van der Waals surface area (Å²) in [4.78, 5) is 16.2. The number of hydrogen-bond acceptors (Lipinski definition) is 4. The molecule has 0 unspecified atom stereocenters. The smallest absolute Gasteiger partial charge is 0.317 e. The highest BCUT2D eigenvalue weighted by atomic mass is 35.5. The van der Waals surface area contributed by atoms with Crippen molar-refractivity contribution in [2.45, 2.75) is 13.3 Å². The van der Waals surface area contributed by atoms with Gasteiger partial charge in [-0.15, -0.1) is 0 Å². The second-order valence-corrected chi connectivity index (χ2v) is 6.23. The van der Waals surface area contributed by atoms with E-state index in [0.29, 0.717) is 31.3 Å². The minimum Gasteiger partial charge on any atom is -0.495 e. The van der Waals surface area contributed by atoms with Gasteiger partial charge in [0.15, 0.2) is 0 Å². The normalized spacial score (nSPS) is 14.7. The van der Waals surface area contributed by atoms with Gasteiger partial charge in [0.2, 0.25) is 0 Å². The molecule has 134 valence electrons. The summed E-state index contributed by atoms with van der Waals surface area (Å²) in [5, 5.41) is 3.63. The highest BCUT2D eigenvalue weighted by Crippen LogP contribution is 2.34. The Balaban J connectivity index is 1.91. The summed E-state index contributed by atoms with van der Waals surface area (Å²) in [6.07, 6.45) is 0.823. The predicted octanol–water partition coefficient (Wildman–Crippen LogP) is 2.53. The zero-order valence-electron chi connectivity index (χ0n) is 14.6. The third-order valence-corrected chi connectivity index (χ3v) is 4.58. The SMILES string of the molecule is COCCCNC(=O)N1CCN(c2cc(C)c(Cl)cc2OC)CC1. The van der Waals surface area contributed by atoms with E-state index >= 15 is 0 Å². The summed E-state index contributed by atoms with van der Waals surface area (Å²) in [6, 6.07) is 3.88. The molecule has 1 aromatic carbocycles. The Morgan fingerprint density at radius 1 is 1.25 bits per heavy atom. The van der Waals surface area contributed by atoms with Gasteiger partial charge in [0.1, 0.15) is 5.75 Å². The first kappa shape index (κ1) is 18.7. The molecule has 1 fully saturated rings. The average Bonchev–Trinajstić information content (AvgIpc) is 2.60. The van der Waals surface area contributed by atoms with E-state index in [1.54, 1.807) is 14.2 Å². The molecule has 1 heterocycles. The van der Waals surface area contributed by atoms with Crippen LogP contribution in [0.3, 0.4) is 0 Å². The zero-order chi connectivity index (χ0) is 17.5. The van der Waals surface area contributed by atoms with Crippen molar-refractivity contribution in [3.05, 3.63) is 22.7 Å². The van der Waals surface area contributed by atoms with E-state index in [9.17, 15) is 4.79 Å². The van der Waals surface area contributed by atoms with Crippen molar-refractivity contribution in [3.63, 3.8) is 0 Å². The number of rotatable bonds is 6. The number of anilines is 1. The van der Waals surface area contributed by atoms with Crippen LogP contribution in [-0.4, -0.2) is 64.5 Å². The molecular weight excluding hydrogens is 330 g/mol. The number of ether oxygens (including phenoxy) is 2. The Morgan fingerprint density at radius 3 is 2.58 bits per heavy atom. The molecule has 7 heteroatoms. The number of carbonyl (C=O) groups excluding carboxylic acids is 1. The Labute approximate surface area is 148 Å². The fraction of sp³-hybridized carbons (Fsp3) is 0.588. The second kappa shape index (κ2) is 8.99. The molecule has 1 saturated heterocycles. The maximum atomic E-state index is 12.1. The summed E-state index contributed by atoms with van der Waals surface area (Å²) in [5.41, 5.74) is 2.05. The van der Waals surface area contributed by atoms with Crippen LogP contribution in [0.25, 0.3) is 0 Å². The number of benzene rings is 1. The Kier molecular flexibility index (Phi) is 6.99. The monoisotopic (exact) mass is 355 g/mol. The molecule has 0 radical (unpaired) electrons. The Bertz CT molecular complexity index is 560. The first-order chi connectivity index (χ1) is 11.6. The summed E-state index contributed by atoms with van der Waals surface area (Å²) < 4.78 is 10.4. The van der Waals surface area contributed by atoms with Gasteiger partial charge in [-0.1, -0.05) is 11.6 Å². The second-order valence-electron chi connectivity index (χ2n) is 5.83. The largest absolute Gasteiger partial charge is 0.495 e. The van der Waals surface area contributed by atoms with Crippen molar-refractivity contribution in [2.24, 2.45) is 0 Å². The van der Waals surface area contributed by atoms with Crippen molar-refractivity contribution >= 4 is 23.3 Å². The molecule has 1 aliphatic heterocycles. The summed E-state index contributed by atoms with van der Waals surface area (Å²) in [7, 11) is 3.31. The Hall–Kier alpha value is -1.66. The molecule has 0 aliphatic carbocycles. The fourth-order valence-electron chi connectivity index (χ4n) is 2.73. The van der Waals surface area contributed by atoms with Crippen LogP contribution in [0.5, 0.6) is 5.75 Å². The summed E-state index contributed by atoms with van der Waals surface area (Å²) >= 11 is 6.17. The van der Waals surface area contributed by atoms with Gasteiger partial charge in [-0.3, -0.25) is 0 Å². The van der Waals surface area contributed by atoms with Gasteiger partial charge >= 0.3 is 6.03 Å². The third kappa shape index (κ3) is 4.68. The van der Waals surface area contributed by atoms with E-state index in [4.69, 9.17) is 21.1 Å². The minimum atomic E-state index is -0.00925. The van der Waals surface area contributed by atoms with Gasteiger partial charge in [-0.25, -0.2) is 4.79 Å². The summed E-state index contributed by atoms with van der Waals surface area (Å²) in [6.45, 7) is 6.17. The number of halogens is 1. The van der Waals surface area contributed by atoms with Gasteiger partial charge in [0.25, 0.3) is 0 Å². The molecule has 2 rings (SSSR count). The molecule has 1 aliphatic rings. The van der Waals surface area contributed by atoms with E-state index in [-0.39, 0.29) is 6.03 Å². The van der Waals surface area contributed by atoms with E-state index in [1.165, 1.54) is 0 Å². The third-order valence-electron chi connectivity index (χ3n) is 4.17. The van der Waals surface area contributed by atoms with Crippen LogP contribution in [0.15, 0.2) is 12.1 Å². The van der Waals surface area contributed by atoms with Gasteiger partial charge < -0.3 is 24.6 Å². The number of urea groups is 1. The zero-order valence-corrected chi connectivity index (χ0v) is 15.4. The number of nitrogens with one attached hydrogen (secondary N) is 1. The van der Waals surface area contributed by atoms with Crippen LogP contribution < -0.4 is 15.0 Å². The highest BCUT2D eigenvalue weighted by Gasteiger charge is 2.23. The molecule has 0 atom stereocenters. The molecule has 0 aromatic heterocycles. The number of amides is 2. The van der Waals surface area contributed by atoms with E-state index in [1.807, 2.05) is 24.0 Å². The van der Waals surface area contributed by atoms with Crippen LogP contribution in [0.2, 0.25) is 5.02 Å². The molecule has 1 N–H and O–H groups in total. The summed E-state index contributed by atoms with van der Waals surface area (Å²) in [5.74, 6) is 0.767.